The van der Waals surface area contributed by atoms with Gasteiger partial charge in [-0.2, -0.15) is 4.89 Å². The molecule has 0 aliphatic carbocycles. The van der Waals surface area contributed by atoms with Crippen molar-refractivity contribution in [2.24, 2.45) is 0 Å². The molecule has 1 saturated heterocycles. The smallest absolute Gasteiger partial charge is 0.327 e. The topological polar surface area (TPSA) is 165 Å². The first-order valence-electron chi connectivity index (χ1n) is 15.9. The van der Waals surface area contributed by atoms with E-state index in [0.717, 1.165) is 24.2 Å². The third kappa shape index (κ3) is 14.1. The van der Waals surface area contributed by atoms with Crippen molar-refractivity contribution in [1.82, 2.24) is 16.1 Å². The molecule has 13 nitrogen and oxygen atoms in total. The number of carbonyl (C=O) groups excluding carboxylic acids is 2. The zero-order valence-corrected chi connectivity index (χ0v) is 29.2. The molecular weight excluding hydrogens is 635 g/mol. The molecule has 46 heavy (non-hydrogen) atoms. The highest BCUT2D eigenvalue weighted by Gasteiger charge is 2.38. The Morgan fingerprint density at radius 2 is 1.63 bits per heavy atom. The van der Waals surface area contributed by atoms with Gasteiger partial charge in [-0.05, 0) is 76.3 Å². The van der Waals surface area contributed by atoms with Crippen molar-refractivity contribution in [3.05, 3.63) is 35.4 Å². The fraction of sp³-hybridized carbons (Fsp3) is 0.677. The van der Waals surface area contributed by atoms with E-state index in [4.69, 9.17) is 14.5 Å². The van der Waals surface area contributed by atoms with Crippen LogP contribution in [0.1, 0.15) is 86.0 Å². The van der Waals surface area contributed by atoms with Gasteiger partial charge in [0.2, 0.25) is 10.0 Å². The summed E-state index contributed by atoms with van der Waals surface area (Å²) in [6, 6.07) is 6.17. The number of amides is 2. The van der Waals surface area contributed by atoms with E-state index >= 15 is 0 Å². The summed E-state index contributed by atoms with van der Waals surface area (Å²) in [5, 5.41) is 11.0. The second-order valence-corrected chi connectivity index (χ2v) is 16.0. The normalized spacial score (nSPS) is 21.3. The van der Waals surface area contributed by atoms with Crippen LogP contribution in [0.2, 0.25) is 0 Å². The Kier molecular flexibility index (Phi) is 14.9. The van der Waals surface area contributed by atoms with Crippen molar-refractivity contribution in [1.29, 1.82) is 0 Å². The lowest BCUT2D eigenvalue weighted by Gasteiger charge is -2.46. The van der Waals surface area contributed by atoms with Crippen molar-refractivity contribution in [3.63, 3.8) is 0 Å². The Morgan fingerprint density at radius 3 is 2.33 bits per heavy atom. The molecule has 2 heterocycles. The molecule has 15 heteroatoms. The van der Waals surface area contributed by atoms with Crippen LogP contribution >= 0.6 is 11.8 Å². The summed E-state index contributed by atoms with van der Waals surface area (Å²) in [4.78, 5) is 35.6. The summed E-state index contributed by atoms with van der Waals surface area (Å²) in [6.45, 7) is 11.0. The monoisotopic (exact) mass is 685 g/mol. The molecule has 2 aliphatic rings. The maximum absolute atomic E-state index is 12.8. The van der Waals surface area contributed by atoms with Crippen molar-refractivity contribution < 1.29 is 37.6 Å². The highest BCUT2D eigenvalue weighted by molar-refractivity contribution is 8.04. The molecule has 0 spiro atoms. The number of unbranched alkanes of at least 4 members (excludes halogenated alkanes) is 4. The van der Waals surface area contributed by atoms with Crippen molar-refractivity contribution in [3.8, 4) is 0 Å². The zero-order chi connectivity index (χ0) is 33.6. The van der Waals surface area contributed by atoms with Gasteiger partial charge in [-0.3, -0.25) is 25.2 Å². The summed E-state index contributed by atoms with van der Waals surface area (Å²) in [7, 11) is -3.67. The number of piperidine rings is 1. The van der Waals surface area contributed by atoms with Gasteiger partial charge in [-0.15, -0.1) is 11.8 Å². The third-order valence-corrected chi connectivity index (χ3v) is 10.1. The lowest BCUT2D eigenvalue weighted by atomic mass is 9.79. The number of hydrogen-bond donors (Lipinski definition) is 5. The van der Waals surface area contributed by atoms with E-state index in [0.29, 0.717) is 30.8 Å². The van der Waals surface area contributed by atoms with Crippen LogP contribution in [0.4, 0.5) is 11.4 Å². The van der Waals surface area contributed by atoms with Gasteiger partial charge < -0.3 is 20.3 Å². The maximum atomic E-state index is 12.8. The van der Waals surface area contributed by atoms with Crippen LogP contribution in [0.15, 0.2) is 35.4 Å². The van der Waals surface area contributed by atoms with Gasteiger partial charge in [0.25, 0.3) is 0 Å². The van der Waals surface area contributed by atoms with E-state index in [2.05, 4.69) is 65.9 Å². The van der Waals surface area contributed by atoms with Crippen LogP contribution in [0.5, 0.6) is 0 Å². The number of nitrogens with one attached hydrogen (secondary N) is 5. The average Bonchev–Trinajstić information content (AvgIpc) is 3.07. The molecular formula is C31H51N5O8S2. The number of benzene rings is 1. The number of anilines is 2. The molecule has 1 fully saturated rings. The fourth-order valence-electron chi connectivity index (χ4n) is 5.78. The molecule has 0 bridgehead atoms. The van der Waals surface area contributed by atoms with Crippen LogP contribution in [0.25, 0.3) is 0 Å². The molecule has 2 aliphatic heterocycles. The van der Waals surface area contributed by atoms with Crippen LogP contribution in [0.3, 0.4) is 0 Å². The molecule has 0 saturated carbocycles. The molecule has 1 unspecified atom stereocenters. The molecule has 2 amide bonds. The lowest BCUT2D eigenvalue weighted by molar-refractivity contribution is -0.490. The van der Waals surface area contributed by atoms with E-state index in [1.165, 1.54) is 37.3 Å². The standard InChI is InChI=1S/C31H51N5O8S2/c1-6-7-8-9-10-11-26-27(22-43-44-42-17-16-41-26)45-18-19-46(39,40)35-24-14-12-23(13-15-24)33-34-29(38)28(37)32-25-20-30(2,3)36-31(4,5)21-25/h12-15,22,25-26,33,35-36H,6-11,16-21H2,1-5H3,(H,32,37)(H,34,38)/b27-22+. The van der Waals surface area contributed by atoms with Gasteiger partial charge in [-0.25, -0.2) is 8.42 Å². The maximum Gasteiger partial charge on any atom is 0.327 e. The predicted octanol–water partition coefficient (Wildman–Crippen LogP) is 4.51. The largest absolute Gasteiger partial charge is 0.370 e. The molecule has 1 aromatic rings. The van der Waals surface area contributed by atoms with Gasteiger partial charge in [0.05, 0.1) is 29.1 Å². The van der Waals surface area contributed by atoms with E-state index < -0.39 is 21.8 Å². The second kappa shape index (κ2) is 18.1. The Balaban J connectivity index is 1.44. The van der Waals surface area contributed by atoms with E-state index in [1.54, 1.807) is 24.3 Å². The van der Waals surface area contributed by atoms with Crippen molar-refractivity contribution in [2.45, 2.75) is 109 Å². The van der Waals surface area contributed by atoms with Crippen LogP contribution in [0, 0.1) is 0 Å². The number of sulfonamides is 1. The Morgan fingerprint density at radius 1 is 0.957 bits per heavy atom. The summed E-state index contributed by atoms with van der Waals surface area (Å²) < 4.78 is 34.2. The number of hydrogen-bond acceptors (Lipinski definition) is 11. The van der Waals surface area contributed by atoms with Crippen molar-refractivity contribution in [2.75, 3.05) is 34.9 Å². The van der Waals surface area contributed by atoms with Gasteiger partial charge in [0.1, 0.15) is 12.9 Å². The SMILES string of the molecule is CCCCCCCC1OCCOOO/C=C\1SCCS(=O)(=O)Nc1ccc(NNC(=O)C(=O)NC2CC(C)(C)NC(C)(C)C2)cc1. The molecule has 1 aromatic carbocycles. The first-order chi connectivity index (χ1) is 21.8. The number of ether oxygens (including phenoxy) is 1. The van der Waals surface area contributed by atoms with E-state index in [9.17, 15) is 18.0 Å². The highest BCUT2D eigenvalue weighted by Crippen LogP contribution is 2.29. The zero-order valence-electron chi connectivity index (χ0n) is 27.6. The van der Waals surface area contributed by atoms with E-state index in [1.807, 2.05) is 0 Å². The minimum Gasteiger partial charge on any atom is -0.370 e. The quantitative estimate of drug-likeness (QED) is 0.0764. The Hall–Kier alpha value is -2.56. The summed E-state index contributed by atoms with van der Waals surface area (Å²) in [5.74, 6) is -1.43. The number of hydrazine groups is 1. The molecule has 5 N–H and O–H groups in total. The summed E-state index contributed by atoms with van der Waals surface area (Å²) in [5.41, 5.74) is 5.58. The Labute approximate surface area is 277 Å². The summed E-state index contributed by atoms with van der Waals surface area (Å²) >= 11 is 1.34. The number of thioether (sulfide) groups is 1. The molecule has 0 aromatic heterocycles. The first-order valence-corrected chi connectivity index (χ1v) is 18.6. The minimum atomic E-state index is -3.67. The molecule has 1 atom stereocenters. The molecule has 3 rings (SSSR count). The van der Waals surface area contributed by atoms with Gasteiger partial charge in [-0.1, -0.05) is 39.0 Å². The van der Waals surface area contributed by atoms with Crippen LogP contribution in [-0.2, 0) is 39.2 Å². The van der Waals surface area contributed by atoms with Crippen LogP contribution < -0.4 is 26.2 Å². The van der Waals surface area contributed by atoms with Crippen LogP contribution in [-0.4, -0.2) is 68.2 Å². The highest BCUT2D eigenvalue weighted by atomic mass is 32.2. The average molecular weight is 686 g/mol. The second-order valence-electron chi connectivity index (χ2n) is 13.0. The number of rotatable bonds is 15. The molecule has 260 valence electrons. The number of carbonyl (C=O) groups is 2. The Bertz CT molecular complexity index is 1240. The first kappa shape index (κ1) is 37.9. The van der Waals surface area contributed by atoms with E-state index in [-0.39, 0.29) is 41.3 Å². The van der Waals surface area contributed by atoms with Gasteiger partial charge in [0.15, 0.2) is 0 Å². The fourth-order valence-corrected chi connectivity index (χ4v) is 8.30. The summed E-state index contributed by atoms with van der Waals surface area (Å²) in [6.07, 6.45) is 8.99. The predicted molar refractivity (Wildman–Crippen MR) is 180 cm³/mol. The van der Waals surface area contributed by atoms with Crippen molar-refractivity contribution >= 4 is 45.0 Å². The van der Waals surface area contributed by atoms with Gasteiger partial charge in [0, 0.05) is 28.6 Å². The van der Waals surface area contributed by atoms with Gasteiger partial charge >= 0.3 is 11.8 Å². The molecule has 0 radical (unpaired) electrons. The lowest BCUT2D eigenvalue weighted by Crippen LogP contribution is -2.63. The minimum absolute atomic E-state index is 0.139. The third-order valence-electron chi connectivity index (χ3n) is 7.46.